The van der Waals surface area contributed by atoms with Crippen molar-refractivity contribution in [1.29, 1.82) is 0 Å². The Kier molecular flexibility index (Phi) is 5.00. The third-order valence-electron chi connectivity index (χ3n) is 4.76. The number of halogens is 1. The minimum absolute atomic E-state index is 0.0321. The fourth-order valence-electron chi connectivity index (χ4n) is 3.60. The van der Waals surface area contributed by atoms with E-state index in [1.807, 2.05) is 19.1 Å². The van der Waals surface area contributed by atoms with Gasteiger partial charge in [-0.05, 0) is 79.0 Å². The van der Waals surface area contributed by atoms with Gasteiger partial charge in [-0.25, -0.2) is 4.39 Å². The van der Waals surface area contributed by atoms with Crippen LogP contribution in [0.5, 0.6) is 5.75 Å². The molecule has 23 heavy (non-hydrogen) atoms. The fourth-order valence-corrected chi connectivity index (χ4v) is 3.60. The molecule has 0 saturated heterocycles. The van der Waals surface area contributed by atoms with Crippen LogP contribution in [0.1, 0.15) is 54.9 Å². The zero-order valence-electron chi connectivity index (χ0n) is 14.1. The first-order valence-electron chi connectivity index (χ1n) is 8.74. The maximum absolute atomic E-state index is 14.5. The lowest BCUT2D eigenvalue weighted by Gasteiger charge is -2.26. The topological polar surface area (TPSA) is 9.23 Å². The molecule has 1 nitrogen and oxygen atoms in total. The minimum atomic E-state index is -0.0321. The van der Waals surface area contributed by atoms with Gasteiger partial charge in [0.15, 0.2) is 0 Å². The second-order valence-electron chi connectivity index (χ2n) is 6.41. The summed E-state index contributed by atoms with van der Waals surface area (Å²) in [6.07, 6.45) is 4.93. The van der Waals surface area contributed by atoms with Crippen LogP contribution in [0.15, 0.2) is 36.4 Å². The lowest BCUT2D eigenvalue weighted by Crippen LogP contribution is -2.14. The summed E-state index contributed by atoms with van der Waals surface area (Å²) in [5.74, 6) is 1.20. The average Bonchev–Trinajstić information content (AvgIpc) is 2.55. The Morgan fingerprint density at radius 1 is 1.09 bits per heavy atom. The van der Waals surface area contributed by atoms with Crippen LogP contribution in [0.3, 0.4) is 0 Å². The molecule has 0 N–H and O–H groups in total. The van der Waals surface area contributed by atoms with Gasteiger partial charge in [-0.2, -0.15) is 0 Å². The maximum atomic E-state index is 14.5. The Morgan fingerprint density at radius 2 is 1.96 bits per heavy atom. The van der Waals surface area contributed by atoms with Gasteiger partial charge in [0.2, 0.25) is 0 Å². The van der Waals surface area contributed by atoms with E-state index in [1.54, 1.807) is 6.07 Å². The number of hydrogen-bond acceptors (Lipinski definition) is 1. The molecular weight excluding hydrogens is 287 g/mol. The van der Waals surface area contributed by atoms with Crippen molar-refractivity contribution in [3.05, 3.63) is 64.5 Å². The van der Waals surface area contributed by atoms with Crippen LogP contribution in [0.2, 0.25) is 0 Å². The van der Waals surface area contributed by atoms with Crippen LogP contribution in [-0.2, 0) is 19.3 Å². The third kappa shape index (κ3) is 3.57. The van der Waals surface area contributed by atoms with E-state index in [9.17, 15) is 4.39 Å². The van der Waals surface area contributed by atoms with Gasteiger partial charge in [0.05, 0.1) is 6.61 Å². The monoisotopic (exact) mass is 312 g/mol. The molecular formula is C21H25FO. The summed E-state index contributed by atoms with van der Waals surface area (Å²) >= 11 is 0. The fraction of sp³-hybridized carbons (Fsp3) is 0.429. The summed E-state index contributed by atoms with van der Waals surface area (Å²) in [5, 5.41) is 0. The highest BCUT2D eigenvalue weighted by Crippen LogP contribution is 2.35. The summed E-state index contributed by atoms with van der Waals surface area (Å²) in [6, 6.07) is 12.2. The number of ether oxygens (including phenoxy) is 1. The molecule has 0 amide bonds. The maximum Gasteiger partial charge on any atom is 0.126 e. The highest BCUT2D eigenvalue weighted by molar-refractivity contribution is 5.40. The van der Waals surface area contributed by atoms with Crippen LogP contribution < -0.4 is 4.74 Å². The van der Waals surface area contributed by atoms with E-state index in [0.717, 1.165) is 49.0 Å². The van der Waals surface area contributed by atoms with Gasteiger partial charge >= 0.3 is 0 Å². The zero-order valence-corrected chi connectivity index (χ0v) is 14.1. The van der Waals surface area contributed by atoms with E-state index in [-0.39, 0.29) is 11.7 Å². The number of aryl methyl sites for hydroxylation is 2. The molecule has 1 aliphatic carbocycles. The van der Waals surface area contributed by atoms with Crippen molar-refractivity contribution in [2.24, 2.45) is 0 Å². The molecule has 1 atom stereocenters. The first kappa shape index (κ1) is 16.0. The summed E-state index contributed by atoms with van der Waals surface area (Å²) in [5.41, 5.74) is 4.67. The molecule has 0 radical (unpaired) electrons. The van der Waals surface area contributed by atoms with Crippen molar-refractivity contribution >= 4 is 0 Å². The van der Waals surface area contributed by atoms with E-state index < -0.39 is 0 Å². The molecule has 0 spiro atoms. The Balaban J connectivity index is 1.79. The van der Waals surface area contributed by atoms with Crippen LogP contribution in [0, 0.1) is 5.82 Å². The van der Waals surface area contributed by atoms with Crippen molar-refractivity contribution in [3.8, 4) is 5.75 Å². The predicted octanol–water partition coefficient (Wildman–Crippen LogP) is 5.45. The Bertz CT molecular complexity index is 678. The summed E-state index contributed by atoms with van der Waals surface area (Å²) in [4.78, 5) is 0. The van der Waals surface area contributed by atoms with Gasteiger partial charge in [-0.1, -0.05) is 31.5 Å². The van der Waals surface area contributed by atoms with Gasteiger partial charge in [0.25, 0.3) is 0 Å². The molecule has 1 unspecified atom stereocenters. The van der Waals surface area contributed by atoms with Gasteiger partial charge in [0, 0.05) is 0 Å². The molecule has 0 aliphatic heterocycles. The van der Waals surface area contributed by atoms with Crippen molar-refractivity contribution in [1.82, 2.24) is 0 Å². The lowest BCUT2D eigenvalue weighted by molar-refractivity contribution is 0.339. The molecule has 0 fully saturated rings. The minimum Gasteiger partial charge on any atom is -0.494 e. The van der Waals surface area contributed by atoms with Crippen molar-refractivity contribution < 1.29 is 9.13 Å². The van der Waals surface area contributed by atoms with Crippen LogP contribution >= 0.6 is 0 Å². The molecule has 2 aromatic carbocycles. The van der Waals surface area contributed by atoms with Crippen molar-refractivity contribution in [3.63, 3.8) is 0 Å². The van der Waals surface area contributed by atoms with Gasteiger partial charge in [-0.15, -0.1) is 0 Å². The van der Waals surface area contributed by atoms with Gasteiger partial charge in [0.1, 0.15) is 11.6 Å². The third-order valence-corrected chi connectivity index (χ3v) is 4.76. The van der Waals surface area contributed by atoms with Crippen LogP contribution in [0.25, 0.3) is 0 Å². The SMILES string of the molecule is CCCc1ccc(C2CCc3cc(OCC)ccc3C2)c(F)c1. The first-order valence-corrected chi connectivity index (χ1v) is 8.74. The molecule has 0 bridgehead atoms. The zero-order chi connectivity index (χ0) is 16.2. The first-order chi connectivity index (χ1) is 11.2. The molecule has 2 heteroatoms. The van der Waals surface area contributed by atoms with E-state index in [2.05, 4.69) is 25.1 Å². The summed E-state index contributed by atoms with van der Waals surface area (Å²) in [6.45, 7) is 4.82. The van der Waals surface area contributed by atoms with E-state index in [4.69, 9.17) is 4.74 Å². The largest absolute Gasteiger partial charge is 0.494 e. The smallest absolute Gasteiger partial charge is 0.126 e. The Hall–Kier alpha value is -1.83. The molecule has 0 aromatic heterocycles. The van der Waals surface area contributed by atoms with E-state index in [0.29, 0.717) is 6.61 Å². The second-order valence-corrected chi connectivity index (χ2v) is 6.41. The van der Waals surface area contributed by atoms with Crippen LogP contribution in [0.4, 0.5) is 4.39 Å². The molecule has 122 valence electrons. The average molecular weight is 312 g/mol. The molecule has 0 saturated carbocycles. The summed E-state index contributed by atoms with van der Waals surface area (Å²) < 4.78 is 20.1. The number of fused-ring (bicyclic) bond motifs is 1. The second kappa shape index (κ2) is 7.16. The lowest BCUT2D eigenvalue weighted by atomic mass is 9.79. The van der Waals surface area contributed by atoms with Crippen molar-refractivity contribution in [2.75, 3.05) is 6.61 Å². The molecule has 2 aromatic rings. The van der Waals surface area contributed by atoms with Crippen molar-refractivity contribution in [2.45, 2.75) is 51.9 Å². The summed E-state index contributed by atoms with van der Waals surface area (Å²) in [7, 11) is 0. The molecule has 0 heterocycles. The van der Waals surface area contributed by atoms with E-state index in [1.165, 1.54) is 11.1 Å². The van der Waals surface area contributed by atoms with Crippen LogP contribution in [-0.4, -0.2) is 6.61 Å². The predicted molar refractivity (Wildman–Crippen MR) is 92.8 cm³/mol. The van der Waals surface area contributed by atoms with Gasteiger partial charge in [-0.3, -0.25) is 0 Å². The Labute approximate surface area is 138 Å². The standard InChI is InChI=1S/C21H25FO/c1-3-5-15-6-11-20(21(22)12-15)18-8-7-17-14-19(23-4-2)10-9-16(17)13-18/h6,9-12,14,18H,3-5,7-8,13H2,1-2H3. The normalized spacial score (nSPS) is 16.9. The number of benzene rings is 2. The Morgan fingerprint density at radius 3 is 2.70 bits per heavy atom. The number of hydrogen-bond donors (Lipinski definition) is 0. The molecule has 3 rings (SSSR count). The number of rotatable bonds is 5. The van der Waals surface area contributed by atoms with Gasteiger partial charge < -0.3 is 4.74 Å². The highest BCUT2D eigenvalue weighted by Gasteiger charge is 2.23. The molecule has 1 aliphatic rings. The van der Waals surface area contributed by atoms with E-state index >= 15 is 0 Å². The quantitative estimate of drug-likeness (QED) is 0.713. The highest BCUT2D eigenvalue weighted by atomic mass is 19.1.